The number of amides is 1. The second-order valence-corrected chi connectivity index (χ2v) is 6.79. The SMILES string of the molecule is CC1CC(C(=O)N(C)CC2CCCC2)c2ccccc2N1. The van der Waals surface area contributed by atoms with Gasteiger partial charge in [0.25, 0.3) is 0 Å². The number of benzene rings is 1. The highest BCUT2D eigenvalue weighted by molar-refractivity contribution is 5.86. The van der Waals surface area contributed by atoms with Gasteiger partial charge in [-0.2, -0.15) is 0 Å². The summed E-state index contributed by atoms with van der Waals surface area (Å²) >= 11 is 0. The number of anilines is 1. The van der Waals surface area contributed by atoms with E-state index in [1.807, 2.05) is 24.1 Å². The number of carbonyl (C=O) groups is 1. The van der Waals surface area contributed by atoms with Crippen LogP contribution in [0.15, 0.2) is 24.3 Å². The number of carbonyl (C=O) groups excluding carboxylic acids is 1. The largest absolute Gasteiger partial charge is 0.382 e. The van der Waals surface area contributed by atoms with Gasteiger partial charge >= 0.3 is 0 Å². The van der Waals surface area contributed by atoms with Gasteiger partial charge in [-0.05, 0) is 43.7 Å². The van der Waals surface area contributed by atoms with E-state index in [1.165, 1.54) is 31.2 Å². The van der Waals surface area contributed by atoms with Crippen molar-refractivity contribution in [1.82, 2.24) is 4.90 Å². The molecule has 1 aromatic carbocycles. The second-order valence-electron chi connectivity index (χ2n) is 6.79. The molecule has 114 valence electrons. The van der Waals surface area contributed by atoms with Crippen LogP contribution in [0.5, 0.6) is 0 Å². The Balaban J connectivity index is 1.74. The first kappa shape index (κ1) is 14.4. The van der Waals surface area contributed by atoms with Crippen molar-refractivity contribution >= 4 is 11.6 Å². The lowest BCUT2D eigenvalue weighted by atomic mass is 9.86. The Morgan fingerprint density at radius 1 is 1.29 bits per heavy atom. The lowest BCUT2D eigenvalue weighted by molar-refractivity contribution is -0.132. The molecule has 1 N–H and O–H groups in total. The molecule has 2 atom stereocenters. The first-order valence-corrected chi connectivity index (χ1v) is 8.25. The van der Waals surface area contributed by atoms with Gasteiger partial charge in [0, 0.05) is 25.3 Å². The summed E-state index contributed by atoms with van der Waals surface area (Å²) in [7, 11) is 1.98. The molecule has 1 saturated carbocycles. The van der Waals surface area contributed by atoms with Crippen LogP contribution in [-0.2, 0) is 4.79 Å². The summed E-state index contributed by atoms with van der Waals surface area (Å²) in [5, 5.41) is 3.49. The predicted octanol–water partition coefficient (Wildman–Crippen LogP) is 3.62. The molecule has 1 heterocycles. The molecule has 0 aromatic heterocycles. The Bertz CT molecular complexity index is 508. The Morgan fingerprint density at radius 2 is 2.00 bits per heavy atom. The number of hydrogen-bond donors (Lipinski definition) is 1. The normalized spacial score (nSPS) is 25.2. The van der Waals surface area contributed by atoms with E-state index in [1.54, 1.807) is 0 Å². The van der Waals surface area contributed by atoms with Crippen LogP contribution in [0.2, 0.25) is 0 Å². The first-order valence-electron chi connectivity index (χ1n) is 8.25. The van der Waals surface area contributed by atoms with Crippen molar-refractivity contribution in [2.75, 3.05) is 18.9 Å². The molecule has 1 fully saturated rings. The average Bonchev–Trinajstić information content (AvgIpc) is 2.98. The quantitative estimate of drug-likeness (QED) is 0.920. The minimum atomic E-state index is 0.0175. The number of hydrogen-bond acceptors (Lipinski definition) is 2. The zero-order valence-electron chi connectivity index (χ0n) is 13.1. The summed E-state index contributed by atoms with van der Waals surface area (Å²) in [6, 6.07) is 8.61. The maximum atomic E-state index is 12.9. The minimum Gasteiger partial charge on any atom is -0.382 e. The average molecular weight is 286 g/mol. The van der Waals surface area contributed by atoms with Crippen molar-refractivity contribution in [2.45, 2.75) is 51.0 Å². The highest BCUT2D eigenvalue weighted by Gasteiger charge is 2.32. The van der Waals surface area contributed by atoms with E-state index in [4.69, 9.17) is 0 Å². The number of para-hydroxylation sites is 1. The summed E-state index contributed by atoms with van der Waals surface area (Å²) in [4.78, 5) is 14.9. The Morgan fingerprint density at radius 3 is 2.76 bits per heavy atom. The zero-order valence-corrected chi connectivity index (χ0v) is 13.1. The van der Waals surface area contributed by atoms with E-state index < -0.39 is 0 Å². The van der Waals surface area contributed by atoms with E-state index in [2.05, 4.69) is 24.4 Å². The summed E-state index contributed by atoms with van der Waals surface area (Å²) in [5.74, 6) is 1.03. The van der Waals surface area contributed by atoms with Crippen molar-refractivity contribution in [1.29, 1.82) is 0 Å². The van der Waals surface area contributed by atoms with E-state index in [0.29, 0.717) is 17.9 Å². The summed E-state index contributed by atoms with van der Waals surface area (Å²) in [6.45, 7) is 3.09. The monoisotopic (exact) mass is 286 g/mol. The van der Waals surface area contributed by atoms with Gasteiger partial charge < -0.3 is 10.2 Å². The molecule has 3 heteroatoms. The number of fused-ring (bicyclic) bond motifs is 1. The molecule has 1 aliphatic carbocycles. The molecule has 1 aromatic rings. The fourth-order valence-electron chi connectivity index (χ4n) is 3.91. The first-order chi connectivity index (χ1) is 10.1. The van der Waals surface area contributed by atoms with Gasteiger partial charge in [0.05, 0.1) is 5.92 Å². The van der Waals surface area contributed by atoms with Crippen LogP contribution >= 0.6 is 0 Å². The van der Waals surface area contributed by atoms with Crippen molar-refractivity contribution in [3.05, 3.63) is 29.8 Å². The third kappa shape index (κ3) is 3.07. The number of nitrogens with zero attached hydrogens (tertiary/aromatic N) is 1. The third-order valence-corrected chi connectivity index (χ3v) is 5.01. The van der Waals surface area contributed by atoms with E-state index in [9.17, 15) is 4.79 Å². The maximum absolute atomic E-state index is 12.9. The van der Waals surface area contributed by atoms with Crippen LogP contribution in [0.25, 0.3) is 0 Å². The molecule has 1 amide bonds. The lowest BCUT2D eigenvalue weighted by Crippen LogP contribution is -2.39. The van der Waals surface area contributed by atoms with E-state index in [0.717, 1.165) is 18.7 Å². The molecule has 3 rings (SSSR count). The smallest absolute Gasteiger partial charge is 0.230 e. The maximum Gasteiger partial charge on any atom is 0.230 e. The van der Waals surface area contributed by atoms with Crippen molar-refractivity contribution in [2.24, 2.45) is 5.92 Å². The van der Waals surface area contributed by atoms with Gasteiger partial charge in [-0.3, -0.25) is 4.79 Å². The predicted molar refractivity (Wildman–Crippen MR) is 86.5 cm³/mol. The highest BCUT2D eigenvalue weighted by atomic mass is 16.2. The number of rotatable bonds is 3. The Hall–Kier alpha value is -1.51. The van der Waals surface area contributed by atoms with Crippen molar-refractivity contribution in [3.63, 3.8) is 0 Å². The van der Waals surface area contributed by atoms with Crippen LogP contribution in [0.3, 0.4) is 0 Å². The van der Waals surface area contributed by atoms with Gasteiger partial charge in [0.1, 0.15) is 0 Å². The molecular weight excluding hydrogens is 260 g/mol. The van der Waals surface area contributed by atoms with Gasteiger partial charge in [0.2, 0.25) is 5.91 Å². The molecule has 1 aliphatic heterocycles. The van der Waals surface area contributed by atoms with E-state index >= 15 is 0 Å². The standard InChI is InChI=1S/C18H26N2O/c1-13-11-16(15-9-5-6-10-17(15)19-13)18(21)20(2)12-14-7-3-4-8-14/h5-6,9-10,13-14,16,19H,3-4,7-8,11-12H2,1-2H3. The van der Waals surface area contributed by atoms with E-state index in [-0.39, 0.29) is 5.92 Å². The van der Waals surface area contributed by atoms with Crippen molar-refractivity contribution in [3.8, 4) is 0 Å². The molecule has 3 nitrogen and oxygen atoms in total. The Labute approximate surface area is 127 Å². The summed E-state index contributed by atoms with van der Waals surface area (Å²) in [5.41, 5.74) is 2.29. The third-order valence-electron chi connectivity index (χ3n) is 5.01. The molecular formula is C18H26N2O. The number of nitrogens with one attached hydrogen (secondary N) is 1. The van der Waals surface area contributed by atoms with Crippen LogP contribution in [0.4, 0.5) is 5.69 Å². The van der Waals surface area contributed by atoms with Crippen LogP contribution in [-0.4, -0.2) is 30.4 Å². The molecule has 0 spiro atoms. The molecule has 2 unspecified atom stereocenters. The summed E-state index contributed by atoms with van der Waals surface area (Å²) < 4.78 is 0. The zero-order chi connectivity index (χ0) is 14.8. The van der Waals surface area contributed by atoms with Crippen LogP contribution in [0.1, 0.15) is 50.5 Å². The summed E-state index contributed by atoms with van der Waals surface area (Å²) in [6.07, 6.45) is 6.14. The van der Waals surface area contributed by atoms with Gasteiger partial charge in [-0.15, -0.1) is 0 Å². The van der Waals surface area contributed by atoms with Crippen LogP contribution in [0, 0.1) is 5.92 Å². The van der Waals surface area contributed by atoms with Gasteiger partial charge in [0.15, 0.2) is 0 Å². The molecule has 21 heavy (non-hydrogen) atoms. The molecule has 0 saturated heterocycles. The topological polar surface area (TPSA) is 32.3 Å². The molecule has 2 aliphatic rings. The highest BCUT2D eigenvalue weighted by Crippen LogP contribution is 2.35. The minimum absolute atomic E-state index is 0.0175. The van der Waals surface area contributed by atoms with Gasteiger partial charge in [-0.1, -0.05) is 31.0 Å². The molecule has 0 bridgehead atoms. The van der Waals surface area contributed by atoms with Crippen molar-refractivity contribution < 1.29 is 4.79 Å². The van der Waals surface area contributed by atoms with Crippen LogP contribution < -0.4 is 5.32 Å². The lowest BCUT2D eigenvalue weighted by Gasteiger charge is -2.33. The fraction of sp³-hybridized carbons (Fsp3) is 0.611. The Kier molecular flexibility index (Phi) is 4.18. The van der Waals surface area contributed by atoms with Gasteiger partial charge in [-0.25, -0.2) is 0 Å². The second kappa shape index (κ2) is 6.08. The number of likely N-dealkylation sites (N-methyl/N-ethyl adjacent to an activating group) is 1. The fourth-order valence-corrected chi connectivity index (χ4v) is 3.91. The molecule has 0 radical (unpaired) electrons.